The van der Waals surface area contributed by atoms with Gasteiger partial charge in [-0.05, 0) is 6.92 Å². The summed E-state index contributed by atoms with van der Waals surface area (Å²) in [6.45, 7) is 1.43. The zero-order chi connectivity index (χ0) is 9.56. The number of aliphatic hydroxyl groups excluding tert-OH is 1. The van der Waals surface area contributed by atoms with Gasteiger partial charge in [-0.25, -0.2) is 4.79 Å². The Morgan fingerprint density at radius 2 is 2.08 bits per heavy atom. The molecule has 0 aliphatic carbocycles. The SMILES string of the molecule is C[C@@H](CO)NC(=O)/C=C/C(=O)O. The quantitative estimate of drug-likeness (QED) is 0.482. The van der Waals surface area contributed by atoms with E-state index in [0.717, 1.165) is 12.2 Å². The van der Waals surface area contributed by atoms with Crippen LogP contribution in [0.25, 0.3) is 0 Å². The Kier molecular flexibility index (Phi) is 4.71. The van der Waals surface area contributed by atoms with E-state index < -0.39 is 11.9 Å². The molecule has 0 heterocycles. The van der Waals surface area contributed by atoms with Crippen LogP contribution in [0, 0.1) is 0 Å². The number of rotatable bonds is 4. The highest BCUT2D eigenvalue weighted by molar-refractivity contribution is 5.93. The fourth-order valence-corrected chi connectivity index (χ4v) is 0.484. The monoisotopic (exact) mass is 173 g/mol. The summed E-state index contributed by atoms with van der Waals surface area (Å²) < 4.78 is 0. The van der Waals surface area contributed by atoms with Crippen molar-refractivity contribution in [1.82, 2.24) is 5.32 Å². The van der Waals surface area contributed by atoms with Crippen LogP contribution in [0.15, 0.2) is 12.2 Å². The van der Waals surface area contributed by atoms with E-state index in [1.807, 2.05) is 0 Å². The summed E-state index contributed by atoms with van der Waals surface area (Å²) in [6.07, 6.45) is 1.63. The fourth-order valence-electron chi connectivity index (χ4n) is 0.484. The summed E-state index contributed by atoms with van der Waals surface area (Å²) in [6, 6.07) is -0.365. The molecular weight excluding hydrogens is 162 g/mol. The third-order valence-electron chi connectivity index (χ3n) is 1.04. The van der Waals surface area contributed by atoms with Gasteiger partial charge in [0.1, 0.15) is 0 Å². The summed E-state index contributed by atoms with van der Waals surface area (Å²) in [5.41, 5.74) is 0. The predicted molar refractivity (Wildman–Crippen MR) is 41.5 cm³/mol. The Hall–Kier alpha value is -1.36. The minimum Gasteiger partial charge on any atom is -0.478 e. The Balaban J connectivity index is 3.81. The number of carboxylic acid groups (broad SMARTS) is 1. The number of nitrogens with one attached hydrogen (secondary N) is 1. The molecule has 0 aliphatic rings. The van der Waals surface area contributed by atoms with Gasteiger partial charge in [-0.15, -0.1) is 0 Å². The molecule has 0 saturated carbocycles. The van der Waals surface area contributed by atoms with Gasteiger partial charge in [-0.1, -0.05) is 0 Å². The number of amides is 1. The number of aliphatic carboxylic acids is 1. The molecule has 0 bridgehead atoms. The standard InChI is InChI=1S/C7H11NO4/c1-5(4-9)8-6(10)2-3-7(11)12/h2-3,5,9H,4H2,1H3,(H,8,10)(H,11,12)/b3-2+/t5-/m0/s1. The Labute approximate surface area is 69.7 Å². The molecule has 0 aromatic heterocycles. The van der Waals surface area contributed by atoms with Gasteiger partial charge in [-0.3, -0.25) is 4.79 Å². The molecule has 5 heteroatoms. The molecule has 5 nitrogen and oxygen atoms in total. The summed E-state index contributed by atoms with van der Waals surface area (Å²) in [5.74, 6) is -1.71. The second kappa shape index (κ2) is 5.31. The Morgan fingerprint density at radius 3 is 2.50 bits per heavy atom. The molecule has 0 saturated heterocycles. The van der Waals surface area contributed by atoms with Crippen LogP contribution >= 0.6 is 0 Å². The molecule has 0 aliphatic heterocycles. The van der Waals surface area contributed by atoms with Crippen molar-refractivity contribution in [2.75, 3.05) is 6.61 Å². The molecule has 0 fully saturated rings. The number of carbonyl (C=O) groups excluding carboxylic acids is 1. The predicted octanol–water partition coefficient (Wildman–Crippen LogP) is -0.876. The number of carbonyl (C=O) groups is 2. The normalized spacial score (nSPS) is 12.8. The van der Waals surface area contributed by atoms with Crippen LogP contribution in [0.1, 0.15) is 6.92 Å². The smallest absolute Gasteiger partial charge is 0.328 e. The first-order valence-electron chi connectivity index (χ1n) is 3.38. The van der Waals surface area contributed by atoms with Gasteiger partial charge in [0.25, 0.3) is 0 Å². The molecule has 3 N–H and O–H groups in total. The van der Waals surface area contributed by atoms with Crippen LogP contribution in [0.4, 0.5) is 0 Å². The van der Waals surface area contributed by atoms with Gasteiger partial charge in [0, 0.05) is 18.2 Å². The lowest BCUT2D eigenvalue weighted by Crippen LogP contribution is -2.33. The maximum absolute atomic E-state index is 10.7. The van der Waals surface area contributed by atoms with Crippen LogP contribution in [-0.2, 0) is 9.59 Å². The van der Waals surface area contributed by atoms with E-state index in [0.29, 0.717) is 0 Å². The van der Waals surface area contributed by atoms with E-state index >= 15 is 0 Å². The fraction of sp³-hybridized carbons (Fsp3) is 0.429. The lowest BCUT2D eigenvalue weighted by Gasteiger charge is -2.07. The van der Waals surface area contributed by atoms with E-state index in [1.165, 1.54) is 0 Å². The minimum atomic E-state index is -1.18. The summed E-state index contributed by atoms with van der Waals surface area (Å²) >= 11 is 0. The van der Waals surface area contributed by atoms with E-state index in [4.69, 9.17) is 10.2 Å². The zero-order valence-corrected chi connectivity index (χ0v) is 6.65. The number of hydrogen-bond acceptors (Lipinski definition) is 3. The highest BCUT2D eigenvalue weighted by atomic mass is 16.4. The van der Waals surface area contributed by atoms with E-state index in [-0.39, 0.29) is 12.6 Å². The third-order valence-corrected chi connectivity index (χ3v) is 1.04. The number of aliphatic hydroxyl groups is 1. The molecule has 1 atom stereocenters. The molecular formula is C7H11NO4. The van der Waals surface area contributed by atoms with Crippen molar-refractivity contribution in [2.45, 2.75) is 13.0 Å². The maximum Gasteiger partial charge on any atom is 0.328 e. The van der Waals surface area contributed by atoms with Crippen molar-refractivity contribution >= 4 is 11.9 Å². The van der Waals surface area contributed by atoms with Gasteiger partial charge in [0.05, 0.1) is 6.61 Å². The minimum absolute atomic E-state index is 0.174. The average Bonchev–Trinajstić information content (AvgIpc) is 2.00. The molecule has 0 spiro atoms. The second-order valence-electron chi connectivity index (χ2n) is 2.26. The molecule has 0 radical (unpaired) electrons. The van der Waals surface area contributed by atoms with Gasteiger partial charge >= 0.3 is 5.97 Å². The zero-order valence-electron chi connectivity index (χ0n) is 6.65. The lowest BCUT2D eigenvalue weighted by molar-refractivity contribution is -0.131. The van der Waals surface area contributed by atoms with Crippen LogP contribution < -0.4 is 5.32 Å². The van der Waals surface area contributed by atoms with Gasteiger partial charge < -0.3 is 15.5 Å². The van der Waals surface area contributed by atoms with Gasteiger partial charge in [0.2, 0.25) is 5.91 Å². The topological polar surface area (TPSA) is 86.6 Å². The molecule has 1 amide bonds. The van der Waals surface area contributed by atoms with Crippen molar-refractivity contribution in [2.24, 2.45) is 0 Å². The molecule has 12 heavy (non-hydrogen) atoms. The van der Waals surface area contributed by atoms with Crippen molar-refractivity contribution in [3.8, 4) is 0 Å². The average molecular weight is 173 g/mol. The van der Waals surface area contributed by atoms with Gasteiger partial charge in [-0.2, -0.15) is 0 Å². The molecule has 0 aromatic carbocycles. The van der Waals surface area contributed by atoms with Crippen molar-refractivity contribution in [3.63, 3.8) is 0 Å². The Bertz CT molecular complexity index is 200. The summed E-state index contributed by atoms with van der Waals surface area (Å²) in [7, 11) is 0. The maximum atomic E-state index is 10.7. The highest BCUT2D eigenvalue weighted by Gasteiger charge is 2.01. The number of carboxylic acids is 1. The van der Waals surface area contributed by atoms with Crippen molar-refractivity contribution in [1.29, 1.82) is 0 Å². The lowest BCUT2D eigenvalue weighted by atomic mass is 10.3. The van der Waals surface area contributed by atoms with Crippen LogP contribution in [0.5, 0.6) is 0 Å². The molecule has 0 rings (SSSR count). The molecule has 0 aromatic rings. The van der Waals surface area contributed by atoms with E-state index in [2.05, 4.69) is 5.32 Å². The van der Waals surface area contributed by atoms with E-state index in [9.17, 15) is 9.59 Å². The summed E-state index contributed by atoms with van der Waals surface area (Å²) in [4.78, 5) is 20.7. The van der Waals surface area contributed by atoms with Gasteiger partial charge in [0.15, 0.2) is 0 Å². The van der Waals surface area contributed by atoms with Crippen molar-refractivity contribution < 1.29 is 19.8 Å². The van der Waals surface area contributed by atoms with E-state index in [1.54, 1.807) is 6.92 Å². The van der Waals surface area contributed by atoms with Crippen LogP contribution in [0.2, 0.25) is 0 Å². The highest BCUT2D eigenvalue weighted by Crippen LogP contribution is 1.80. The molecule has 68 valence electrons. The first kappa shape index (κ1) is 10.6. The largest absolute Gasteiger partial charge is 0.478 e. The second-order valence-corrected chi connectivity index (χ2v) is 2.26. The van der Waals surface area contributed by atoms with Crippen molar-refractivity contribution in [3.05, 3.63) is 12.2 Å². The first-order chi connectivity index (χ1) is 5.56. The first-order valence-corrected chi connectivity index (χ1v) is 3.38. The van der Waals surface area contributed by atoms with Crippen LogP contribution in [0.3, 0.4) is 0 Å². The van der Waals surface area contributed by atoms with Crippen LogP contribution in [-0.4, -0.2) is 34.7 Å². The number of hydrogen-bond donors (Lipinski definition) is 3. The summed E-state index contributed by atoms with van der Waals surface area (Å²) in [5, 5.41) is 19.0. The molecule has 0 unspecified atom stereocenters. The Morgan fingerprint density at radius 1 is 1.50 bits per heavy atom. The third kappa shape index (κ3) is 5.43.